The Hall–Kier alpha value is -0.490. The molecule has 1 unspecified atom stereocenters. The van der Waals surface area contributed by atoms with Crippen molar-refractivity contribution in [1.82, 2.24) is 0 Å². The molecule has 0 aliphatic heterocycles. The zero-order valence-corrected chi connectivity index (χ0v) is 6.84. The van der Waals surface area contributed by atoms with Crippen LogP contribution in [0.1, 0.15) is 19.3 Å². The van der Waals surface area contributed by atoms with Gasteiger partial charge in [-0.1, -0.05) is 0 Å². The molecule has 0 saturated heterocycles. The van der Waals surface area contributed by atoms with Gasteiger partial charge in [-0.25, -0.2) is 0 Å². The maximum Gasteiger partial charge on any atom is 0.397 e. The molecule has 1 aliphatic carbocycles. The fourth-order valence-corrected chi connectivity index (χ4v) is 1.50. The summed E-state index contributed by atoms with van der Waals surface area (Å²) in [4.78, 5) is 0. The van der Waals surface area contributed by atoms with Crippen molar-refractivity contribution in [2.45, 2.75) is 37.3 Å². The van der Waals surface area contributed by atoms with Crippen LogP contribution in [0.2, 0.25) is 0 Å². The van der Waals surface area contributed by atoms with Gasteiger partial charge in [0.2, 0.25) is 0 Å². The van der Waals surface area contributed by atoms with Crippen LogP contribution >= 0.6 is 0 Å². The third kappa shape index (κ3) is 1.68. The van der Waals surface area contributed by atoms with Crippen LogP contribution in [-0.4, -0.2) is 18.0 Å². The van der Waals surface area contributed by atoms with E-state index in [0.29, 0.717) is 0 Å². The van der Waals surface area contributed by atoms with E-state index < -0.39 is 43.2 Å². The van der Waals surface area contributed by atoms with E-state index in [1.54, 1.807) is 0 Å². The van der Waals surface area contributed by atoms with Crippen LogP contribution < -0.4 is 0 Å². The summed E-state index contributed by atoms with van der Waals surface area (Å²) in [6.07, 6.45) is -7.93. The second-order valence-electron chi connectivity index (χ2n) is 3.31. The first-order chi connectivity index (χ1) is 6.09. The van der Waals surface area contributed by atoms with Crippen molar-refractivity contribution in [3.63, 3.8) is 0 Å². The number of rotatable bonds is 0. The van der Waals surface area contributed by atoms with Gasteiger partial charge in [0.25, 0.3) is 0 Å². The van der Waals surface area contributed by atoms with Crippen molar-refractivity contribution in [2.24, 2.45) is 5.92 Å². The molecule has 0 bridgehead atoms. The van der Waals surface area contributed by atoms with Crippen LogP contribution in [0, 0.1) is 5.92 Å². The van der Waals surface area contributed by atoms with E-state index in [0.717, 1.165) is 0 Å². The summed E-state index contributed by atoms with van der Waals surface area (Å²) in [7, 11) is 0. The van der Waals surface area contributed by atoms with Crippen molar-refractivity contribution in [3.8, 4) is 0 Å². The lowest BCUT2D eigenvalue weighted by Crippen LogP contribution is -2.54. The molecule has 14 heavy (non-hydrogen) atoms. The van der Waals surface area contributed by atoms with Gasteiger partial charge in [-0.3, -0.25) is 0 Å². The van der Waals surface area contributed by atoms with Crippen LogP contribution in [0.5, 0.6) is 0 Å². The van der Waals surface area contributed by atoms with Crippen molar-refractivity contribution in [3.05, 3.63) is 0 Å². The Morgan fingerprint density at radius 3 is 1.86 bits per heavy atom. The Balaban J connectivity index is 2.98. The summed E-state index contributed by atoms with van der Waals surface area (Å²) >= 11 is 0. The van der Waals surface area contributed by atoms with Gasteiger partial charge in [-0.15, -0.1) is 0 Å². The molecule has 0 nitrogen and oxygen atoms in total. The highest BCUT2D eigenvalue weighted by molar-refractivity contribution is 4.97. The summed E-state index contributed by atoms with van der Waals surface area (Å²) in [6, 6.07) is 0. The standard InChI is InChI=1S/C7H7F7/c8-5(9)3-1-2-4(6(5,10)11)7(12,13)14/h4H,1-3H2. The maximum atomic E-state index is 12.7. The van der Waals surface area contributed by atoms with Crippen LogP contribution in [-0.2, 0) is 0 Å². The van der Waals surface area contributed by atoms with E-state index in [9.17, 15) is 30.7 Å². The number of alkyl halides is 7. The molecule has 0 spiro atoms. The van der Waals surface area contributed by atoms with E-state index in [-0.39, 0.29) is 0 Å². The van der Waals surface area contributed by atoms with Gasteiger partial charge >= 0.3 is 18.0 Å². The molecule has 0 aromatic carbocycles. The highest BCUT2D eigenvalue weighted by atomic mass is 19.4. The van der Waals surface area contributed by atoms with E-state index in [2.05, 4.69) is 0 Å². The Bertz CT molecular complexity index is 217. The van der Waals surface area contributed by atoms with Crippen LogP contribution in [0.25, 0.3) is 0 Å². The largest absolute Gasteiger partial charge is 0.397 e. The van der Waals surface area contributed by atoms with Gasteiger partial charge in [0, 0.05) is 6.42 Å². The molecule has 1 rings (SSSR count). The van der Waals surface area contributed by atoms with Gasteiger partial charge in [-0.2, -0.15) is 30.7 Å². The Morgan fingerprint density at radius 2 is 1.50 bits per heavy atom. The Kier molecular flexibility index (Phi) is 2.48. The molecule has 1 saturated carbocycles. The fraction of sp³-hybridized carbons (Fsp3) is 1.00. The number of halogens is 7. The van der Waals surface area contributed by atoms with Gasteiger partial charge < -0.3 is 0 Å². The molecule has 0 amide bonds. The predicted octanol–water partition coefficient (Wildman–Crippen LogP) is 3.62. The second-order valence-corrected chi connectivity index (χ2v) is 3.31. The Morgan fingerprint density at radius 1 is 1.00 bits per heavy atom. The first-order valence-electron chi connectivity index (χ1n) is 3.91. The molecule has 1 atom stereocenters. The van der Waals surface area contributed by atoms with Gasteiger partial charge in [0.15, 0.2) is 0 Å². The maximum absolute atomic E-state index is 12.7. The van der Waals surface area contributed by atoms with Gasteiger partial charge in [-0.05, 0) is 12.8 Å². The lowest BCUT2D eigenvalue weighted by atomic mass is 9.82. The number of hydrogen-bond donors (Lipinski definition) is 0. The molecular weight excluding hydrogens is 217 g/mol. The molecule has 1 fully saturated rings. The van der Waals surface area contributed by atoms with Crippen molar-refractivity contribution >= 4 is 0 Å². The summed E-state index contributed by atoms with van der Waals surface area (Å²) in [5, 5.41) is 0. The lowest BCUT2D eigenvalue weighted by molar-refractivity contribution is -0.321. The minimum Gasteiger partial charge on any atom is -0.200 e. The molecule has 0 heterocycles. The molecule has 7 heteroatoms. The summed E-state index contributed by atoms with van der Waals surface area (Å²) < 4.78 is 86.3. The molecule has 1 aliphatic rings. The number of hydrogen-bond acceptors (Lipinski definition) is 0. The highest BCUT2D eigenvalue weighted by Gasteiger charge is 2.69. The summed E-state index contributed by atoms with van der Waals surface area (Å²) in [6.45, 7) is 0. The van der Waals surface area contributed by atoms with Crippen LogP contribution in [0.15, 0.2) is 0 Å². The topological polar surface area (TPSA) is 0 Å². The second kappa shape index (κ2) is 3.00. The molecule has 0 N–H and O–H groups in total. The third-order valence-corrected chi connectivity index (χ3v) is 2.30. The van der Waals surface area contributed by atoms with E-state index >= 15 is 0 Å². The first kappa shape index (κ1) is 11.6. The molecule has 0 aromatic rings. The van der Waals surface area contributed by atoms with Gasteiger partial charge in [0.1, 0.15) is 5.92 Å². The van der Waals surface area contributed by atoms with Crippen molar-refractivity contribution < 1.29 is 30.7 Å². The molecule has 0 radical (unpaired) electrons. The first-order valence-corrected chi connectivity index (χ1v) is 3.91. The van der Waals surface area contributed by atoms with Crippen molar-refractivity contribution in [2.75, 3.05) is 0 Å². The highest BCUT2D eigenvalue weighted by Crippen LogP contribution is 2.53. The normalized spacial score (nSPS) is 31.5. The minimum atomic E-state index is -5.27. The average Bonchev–Trinajstić information content (AvgIpc) is 1.92. The Labute approximate surface area is 75.1 Å². The van der Waals surface area contributed by atoms with Crippen molar-refractivity contribution in [1.29, 1.82) is 0 Å². The smallest absolute Gasteiger partial charge is 0.200 e. The lowest BCUT2D eigenvalue weighted by Gasteiger charge is -2.38. The van der Waals surface area contributed by atoms with Gasteiger partial charge in [0.05, 0.1) is 0 Å². The van der Waals surface area contributed by atoms with E-state index in [1.807, 2.05) is 0 Å². The summed E-state index contributed by atoms with van der Waals surface area (Å²) in [5.41, 5.74) is 0. The quantitative estimate of drug-likeness (QED) is 0.551. The average molecular weight is 224 g/mol. The third-order valence-electron chi connectivity index (χ3n) is 2.30. The molecular formula is C7H7F7. The van der Waals surface area contributed by atoms with E-state index in [1.165, 1.54) is 0 Å². The summed E-state index contributed by atoms with van der Waals surface area (Å²) in [5.74, 6) is -12.8. The SMILES string of the molecule is FC(F)(F)C1CCCC(F)(F)C1(F)F. The monoisotopic (exact) mass is 224 g/mol. The van der Waals surface area contributed by atoms with Crippen LogP contribution in [0.4, 0.5) is 30.7 Å². The predicted molar refractivity (Wildman–Crippen MR) is 33.3 cm³/mol. The molecule has 0 aromatic heterocycles. The fourth-order valence-electron chi connectivity index (χ4n) is 1.50. The minimum absolute atomic E-state index is 0.535. The van der Waals surface area contributed by atoms with Crippen LogP contribution in [0.3, 0.4) is 0 Å². The zero-order chi connectivity index (χ0) is 11.2. The molecule has 84 valence electrons. The zero-order valence-electron chi connectivity index (χ0n) is 6.84. The van der Waals surface area contributed by atoms with E-state index in [4.69, 9.17) is 0 Å².